The Bertz CT molecular complexity index is 1500. The van der Waals surface area contributed by atoms with Crippen LogP contribution in [0.3, 0.4) is 0 Å². The fourth-order valence-electron chi connectivity index (χ4n) is 4.52. The van der Waals surface area contributed by atoms with Crippen molar-refractivity contribution in [2.75, 3.05) is 41.7 Å². The molecule has 0 saturated carbocycles. The van der Waals surface area contributed by atoms with Crippen molar-refractivity contribution in [2.24, 2.45) is 0 Å². The van der Waals surface area contributed by atoms with Crippen LogP contribution in [0.15, 0.2) is 72.9 Å². The number of hydrogen-bond donors (Lipinski definition) is 2. The zero-order chi connectivity index (χ0) is 26.5. The molecule has 1 fully saturated rings. The van der Waals surface area contributed by atoms with Crippen LogP contribution >= 0.6 is 0 Å². The number of nitriles is 1. The second-order valence-corrected chi connectivity index (χ2v) is 9.06. The fraction of sp³-hybridized carbons (Fsp3) is 0.207. The molecule has 2 amide bonds. The van der Waals surface area contributed by atoms with Gasteiger partial charge in [-0.3, -0.25) is 9.59 Å². The molecule has 9 nitrogen and oxygen atoms in total. The van der Waals surface area contributed by atoms with Crippen molar-refractivity contribution in [1.29, 1.82) is 5.26 Å². The summed E-state index contributed by atoms with van der Waals surface area (Å²) in [6.45, 7) is 4.72. The lowest BCUT2D eigenvalue weighted by molar-refractivity contribution is -0.129. The van der Waals surface area contributed by atoms with Crippen LogP contribution in [0.5, 0.6) is 0 Å². The van der Waals surface area contributed by atoms with E-state index in [9.17, 15) is 9.59 Å². The standard InChI is InChI=1S/C29H27N7O2/c1-20(37)35-15-17-36(18-16-35)25-11-9-24(10-12-25)33-29-31-19-22-3-2-4-26(28(22)34-29)21-5-7-23(8-6-21)32-27(38)13-14-30/h2-12,19H,13,15-18H2,1H3,(H,32,38)(H,31,33,34). The van der Waals surface area contributed by atoms with Gasteiger partial charge < -0.3 is 20.4 Å². The van der Waals surface area contributed by atoms with Gasteiger partial charge >= 0.3 is 0 Å². The molecule has 5 rings (SSSR count). The molecule has 0 bridgehead atoms. The number of benzene rings is 3. The summed E-state index contributed by atoms with van der Waals surface area (Å²) in [5.74, 6) is 0.283. The van der Waals surface area contributed by atoms with Gasteiger partial charge in [-0.1, -0.05) is 30.3 Å². The number of rotatable bonds is 6. The Morgan fingerprint density at radius 2 is 1.66 bits per heavy atom. The quantitative estimate of drug-likeness (QED) is 0.395. The van der Waals surface area contributed by atoms with E-state index in [-0.39, 0.29) is 18.2 Å². The molecule has 9 heteroatoms. The van der Waals surface area contributed by atoms with E-state index in [2.05, 4.69) is 32.7 Å². The number of nitrogens with one attached hydrogen (secondary N) is 2. The number of fused-ring (bicyclic) bond motifs is 1. The van der Waals surface area contributed by atoms with Gasteiger partial charge in [-0.25, -0.2) is 9.97 Å². The normalized spacial score (nSPS) is 13.2. The Labute approximate surface area is 220 Å². The van der Waals surface area contributed by atoms with Gasteiger partial charge in [0.05, 0.1) is 11.6 Å². The zero-order valence-corrected chi connectivity index (χ0v) is 21.0. The third kappa shape index (κ3) is 5.55. The van der Waals surface area contributed by atoms with Crippen molar-refractivity contribution in [3.63, 3.8) is 0 Å². The first-order valence-electron chi connectivity index (χ1n) is 12.4. The van der Waals surface area contributed by atoms with Crippen LogP contribution in [0.4, 0.5) is 23.0 Å². The molecule has 1 aliphatic rings. The minimum Gasteiger partial charge on any atom is -0.368 e. The van der Waals surface area contributed by atoms with E-state index in [0.717, 1.165) is 59.6 Å². The summed E-state index contributed by atoms with van der Waals surface area (Å²) >= 11 is 0. The molecule has 1 aliphatic heterocycles. The van der Waals surface area contributed by atoms with Crippen molar-refractivity contribution in [1.82, 2.24) is 14.9 Å². The summed E-state index contributed by atoms with van der Waals surface area (Å²) in [6, 6.07) is 23.4. The molecule has 0 atom stereocenters. The number of anilines is 4. The lowest BCUT2D eigenvalue weighted by Crippen LogP contribution is -2.48. The number of carbonyl (C=O) groups excluding carboxylic acids is 2. The molecule has 2 heterocycles. The van der Waals surface area contributed by atoms with Crippen LogP contribution in [0.1, 0.15) is 13.3 Å². The highest BCUT2D eigenvalue weighted by Crippen LogP contribution is 2.29. The summed E-state index contributed by atoms with van der Waals surface area (Å²) in [6.07, 6.45) is 1.62. The smallest absolute Gasteiger partial charge is 0.238 e. The summed E-state index contributed by atoms with van der Waals surface area (Å²) < 4.78 is 0. The highest BCUT2D eigenvalue weighted by molar-refractivity contribution is 5.95. The van der Waals surface area contributed by atoms with E-state index in [1.807, 2.05) is 65.6 Å². The Balaban J connectivity index is 1.31. The molecule has 190 valence electrons. The van der Waals surface area contributed by atoms with Crippen LogP contribution in [-0.4, -0.2) is 52.9 Å². The average Bonchev–Trinajstić information content (AvgIpc) is 2.94. The summed E-state index contributed by atoms with van der Waals surface area (Å²) in [5, 5.41) is 15.6. The minimum atomic E-state index is -0.336. The fourth-order valence-corrected chi connectivity index (χ4v) is 4.52. The molecule has 2 N–H and O–H groups in total. The first-order chi connectivity index (χ1) is 18.5. The maximum atomic E-state index is 11.7. The van der Waals surface area contributed by atoms with E-state index in [4.69, 9.17) is 10.2 Å². The van der Waals surface area contributed by atoms with E-state index in [0.29, 0.717) is 11.6 Å². The second-order valence-electron chi connectivity index (χ2n) is 9.06. The van der Waals surface area contributed by atoms with Crippen molar-refractivity contribution in [2.45, 2.75) is 13.3 Å². The van der Waals surface area contributed by atoms with Crippen LogP contribution in [0.2, 0.25) is 0 Å². The van der Waals surface area contributed by atoms with Crippen LogP contribution in [-0.2, 0) is 9.59 Å². The molecule has 1 aromatic heterocycles. The van der Waals surface area contributed by atoms with Gasteiger partial charge in [0.2, 0.25) is 17.8 Å². The molecule has 0 spiro atoms. The van der Waals surface area contributed by atoms with Crippen molar-refractivity contribution in [3.05, 3.63) is 72.9 Å². The van der Waals surface area contributed by atoms with Gasteiger partial charge in [-0.15, -0.1) is 0 Å². The average molecular weight is 506 g/mol. The third-order valence-electron chi connectivity index (χ3n) is 6.54. The zero-order valence-electron chi connectivity index (χ0n) is 21.0. The number of nitrogens with zero attached hydrogens (tertiary/aromatic N) is 5. The van der Waals surface area contributed by atoms with Gasteiger partial charge in [0.25, 0.3) is 0 Å². The maximum Gasteiger partial charge on any atom is 0.238 e. The molecular weight excluding hydrogens is 478 g/mol. The monoisotopic (exact) mass is 505 g/mol. The molecule has 0 aliphatic carbocycles. The topological polar surface area (TPSA) is 114 Å². The number of amides is 2. The number of aromatic nitrogens is 2. The number of piperazine rings is 1. The molecule has 1 saturated heterocycles. The highest BCUT2D eigenvalue weighted by atomic mass is 16.2. The lowest BCUT2D eigenvalue weighted by Gasteiger charge is -2.35. The molecule has 0 unspecified atom stereocenters. The predicted octanol–water partition coefficient (Wildman–Crippen LogP) is 4.56. The number of carbonyl (C=O) groups is 2. The Morgan fingerprint density at radius 3 is 2.34 bits per heavy atom. The van der Waals surface area contributed by atoms with E-state index in [1.54, 1.807) is 13.1 Å². The van der Waals surface area contributed by atoms with Gasteiger partial charge in [0.1, 0.15) is 6.42 Å². The molecule has 3 aromatic carbocycles. The van der Waals surface area contributed by atoms with Gasteiger partial charge in [0, 0.05) is 67.3 Å². The highest BCUT2D eigenvalue weighted by Gasteiger charge is 2.18. The summed E-state index contributed by atoms with van der Waals surface area (Å²) in [4.78, 5) is 36.7. The molecule has 0 radical (unpaired) electrons. The SMILES string of the molecule is CC(=O)N1CCN(c2ccc(Nc3ncc4cccc(-c5ccc(NC(=O)CC#N)cc5)c4n3)cc2)CC1. The largest absolute Gasteiger partial charge is 0.368 e. The number of para-hydroxylation sites is 1. The number of hydrogen-bond acceptors (Lipinski definition) is 7. The first-order valence-corrected chi connectivity index (χ1v) is 12.4. The Morgan fingerprint density at radius 1 is 0.947 bits per heavy atom. The third-order valence-corrected chi connectivity index (χ3v) is 6.54. The lowest BCUT2D eigenvalue weighted by atomic mass is 10.0. The van der Waals surface area contributed by atoms with Crippen LogP contribution < -0.4 is 15.5 Å². The minimum absolute atomic E-state index is 0.125. The summed E-state index contributed by atoms with van der Waals surface area (Å²) in [7, 11) is 0. The van der Waals surface area contributed by atoms with Crippen molar-refractivity contribution < 1.29 is 9.59 Å². The Hall–Kier alpha value is -4.97. The van der Waals surface area contributed by atoms with Crippen LogP contribution in [0.25, 0.3) is 22.0 Å². The van der Waals surface area contributed by atoms with E-state index in [1.165, 1.54) is 0 Å². The van der Waals surface area contributed by atoms with E-state index < -0.39 is 0 Å². The van der Waals surface area contributed by atoms with Gasteiger partial charge in [0.15, 0.2) is 0 Å². The van der Waals surface area contributed by atoms with Crippen molar-refractivity contribution in [3.8, 4) is 17.2 Å². The van der Waals surface area contributed by atoms with E-state index >= 15 is 0 Å². The second kappa shape index (κ2) is 11.0. The van der Waals surface area contributed by atoms with Crippen molar-refractivity contribution >= 4 is 45.7 Å². The molecule has 38 heavy (non-hydrogen) atoms. The van der Waals surface area contributed by atoms with Gasteiger partial charge in [-0.2, -0.15) is 5.26 Å². The van der Waals surface area contributed by atoms with Gasteiger partial charge in [-0.05, 0) is 42.0 Å². The molecular formula is C29H27N7O2. The molecule has 4 aromatic rings. The Kier molecular flexibility index (Phi) is 7.13. The summed E-state index contributed by atoms with van der Waals surface area (Å²) in [5.41, 5.74) is 5.34. The van der Waals surface area contributed by atoms with Crippen LogP contribution in [0, 0.1) is 11.3 Å². The predicted molar refractivity (Wildman–Crippen MR) is 148 cm³/mol. The first kappa shape index (κ1) is 24.7. The maximum absolute atomic E-state index is 11.7.